The average molecular weight is 1260 g/mol. The van der Waals surface area contributed by atoms with Gasteiger partial charge in [0.15, 0.2) is 0 Å². The molecule has 0 N–H and O–H groups in total. The van der Waals surface area contributed by atoms with Crippen molar-refractivity contribution in [3.8, 4) is 0 Å². The lowest BCUT2D eigenvalue weighted by Crippen LogP contribution is -2.60. The van der Waals surface area contributed by atoms with Gasteiger partial charge in [-0.15, -0.1) is 0 Å². The first-order valence-corrected chi connectivity index (χ1v) is 32.0. The third-order valence-corrected chi connectivity index (χ3v) is 17.3. The number of rotatable bonds is 30. The fourth-order valence-corrected chi connectivity index (χ4v) is 12.3. The molecule has 3 aliphatic rings. The Labute approximate surface area is 538 Å². The minimum Gasteiger partial charge on any atom is -0.273 e. The van der Waals surface area contributed by atoms with E-state index in [4.69, 9.17) is 0 Å². The summed E-state index contributed by atoms with van der Waals surface area (Å²) >= 11 is 0. The molecule has 480 valence electrons. The van der Waals surface area contributed by atoms with Crippen LogP contribution in [-0.2, 0) is 67.7 Å². The molecular weight excluding hydrogens is 1180 g/mol. The summed E-state index contributed by atoms with van der Waals surface area (Å²) < 4.78 is 3.15. The van der Waals surface area contributed by atoms with Gasteiger partial charge in [0.05, 0.1) is 17.1 Å². The molecule has 0 bridgehead atoms. The number of amides is 12. The summed E-state index contributed by atoms with van der Waals surface area (Å²) in [5.74, 6) is -6.95. The van der Waals surface area contributed by atoms with Crippen LogP contribution < -0.4 is 31.8 Å². The van der Waals surface area contributed by atoms with Crippen LogP contribution in [0, 0.1) is 17.8 Å². The van der Waals surface area contributed by atoms with E-state index in [1.165, 1.54) is 0 Å². The summed E-state index contributed by atoms with van der Waals surface area (Å²) in [6.07, 6.45) is 5.21. The molecular formula is C72H75N9O12. The third-order valence-electron chi connectivity index (χ3n) is 17.3. The number of hydrogen-bond acceptors (Lipinski definition) is 12. The average Bonchev–Trinajstić information content (AvgIpc) is 0.827. The van der Waals surface area contributed by atoms with Crippen molar-refractivity contribution in [2.24, 2.45) is 17.8 Å². The molecule has 4 heterocycles. The number of carbonyl (C=O) groups excluding carboxylic acids is 9. The normalized spacial score (nSPS) is 17.2. The Morgan fingerprint density at radius 3 is 0.656 bits per heavy atom. The standard InChI is InChI=1S/C72H75N9O12/c82-61-58(49-52-31-13-7-14-32-52)64(85)79(55-37-19-10-20-38-55)70(91)73(61)43-25-1-4-28-46-76-67(88)77(47-29-5-2-26-44-74-62(83)59(50-53-33-15-8-16-34-53)65(86)80(71(74)92)56-39-21-11-22-40-56)69(90)78(68(76)89)48-30-6-3-27-45-75-63(84)60(51-54-35-17-9-18-36-54)66(87)81(72(75)93)57-41-23-12-24-42-57/h7-24,31-42,58-60H,1-6,25-30,43-51H2. The largest absolute Gasteiger partial charge is 0.338 e. The molecule has 0 aliphatic carbocycles. The second kappa shape index (κ2) is 31.1. The lowest BCUT2D eigenvalue weighted by Gasteiger charge is -2.37. The lowest BCUT2D eigenvalue weighted by atomic mass is 9.94. The lowest BCUT2D eigenvalue weighted by molar-refractivity contribution is -0.142. The minimum atomic E-state index is -1.13. The molecule has 12 amide bonds. The molecule has 93 heavy (non-hydrogen) atoms. The van der Waals surface area contributed by atoms with E-state index in [-0.39, 0.29) is 58.5 Å². The van der Waals surface area contributed by atoms with E-state index in [1.54, 1.807) is 91.0 Å². The van der Waals surface area contributed by atoms with Crippen molar-refractivity contribution in [3.05, 3.63) is 230 Å². The third kappa shape index (κ3) is 15.2. The number of benzene rings is 6. The molecule has 3 fully saturated rings. The van der Waals surface area contributed by atoms with E-state index in [9.17, 15) is 57.5 Å². The number of hydrogen-bond donors (Lipinski definition) is 0. The van der Waals surface area contributed by atoms with Crippen LogP contribution in [0.4, 0.5) is 31.4 Å². The number of unbranched alkanes of at least 4 members (excludes halogenated alkanes) is 9. The van der Waals surface area contributed by atoms with Crippen molar-refractivity contribution in [2.75, 3.05) is 34.3 Å². The highest BCUT2D eigenvalue weighted by atomic mass is 16.2. The summed E-state index contributed by atoms with van der Waals surface area (Å²) in [6, 6.07) is 50.5. The van der Waals surface area contributed by atoms with Gasteiger partial charge < -0.3 is 0 Å². The van der Waals surface area contributed by atoms with Gasteiger partial charge in [0, 0.05) is 39.3 Å². The Balaban J connectivity index is 0.794. The summed E-state index contributed by atoms with van der Waals surface area (Å²) in [4.78, 5) is 175. The van der Waals surface area contributed by atoms with Crippen molar-refractivity contribution in [1.82, 2.24) is 28.4 Å². The summed E-state index contributed by atoms with van der Waals surface area (Å²) in [5, 5.41) is 0. The van der Waals surface area contributed by atoms with Crippen LogP contribution in [-0.4, -0.2) is 102 Å². The van der Waals surface area contributed by atoms with Crippen molar-refractivity contribution < 1.29 is 43.2 Å². The first kappa shape index (κ1) is 65.5. The molecule has 21 nitrogen and oxygen atoms in total. The number of aromatic nitrogens is 3. The Bertz CT molecular complexity index is 3570. The molecule has 21 heteroatoms. The zero-order valence-corrected chi connectivity index (χ0v) is 51.8. The Kier molecular flexibility index (Phi) is 21.9. The van der Waals surface area contributed by atoms with Crippen LogP contribution >= 0.6 is 0 Å². The van der Waals surface area contributed by atoms with Gasteiger partial charge in [-0.05, 0) is 111 Å². The molecule has 6 aromatic carbocycles. The number of para-hydroxylation sites is 3. The monoisotopic (exact) mass is 1260 g/mol. The second-order valence-corrected chi connectivity index (χ2v) is 23.6. The van der Waals surface area contributed by atoms with Crippen LogP contribution in [0.1, 0.15) is 93.7 Å². The maximum atomic E-state index is 14.3. The van der Waals surface area contributed by atoms with E-state index in [0.29, 0.717) is 94.1 Å². The quantitative estimate of drug-likeness (QED) is 0.0302. The van der Waals surface area contributed by atoms with E-state index in [1.807, 2.05) is 91.0 Å². The Hall–Kier alpha value is -10.4. The zero-order valence-electron chi connectivity index (χ0n) is 51.8. The molecule has 0 spiro atoms. The van der Waals surface area contributed by atoms with E-state index in [2.05, 4.69) is 0 Å². The van der Waals surface area contributed by atoms with E-state index in [0.717, 1.165) is 59.8 Å². The maximum Gasteiger partial charge on any atom is 0.338 e. The predicted molar refractivity (Wildman–Crippen MR) is 349 cm³/mol. The fourth-order valence-electron chi connectivity index (χ4n) is 12.3. The molecule has 3 atom stereocenters. The number of barbiturate groups is 3. The van der Waals surface area contributed by atoms with Crippen LogP contribution in [0.5, 0.6) is 0 Å². The summed E-state index contributed by atoms with van der Waals surface area (Å²) in [5.41, 5.74) is 0.979. The number of nitrogens with zero attached hydrogens (tertiary/aromatic N) is 9. The van der Waals surface area contributed by atoms with Crippen molar-refractivity contribution in [2.45, 2.75) is 116 Å². The van der Waals surface area contributed by atoms with E-state index < -0.39 is 88.4 Å². The van der Waals surface area contributed by atoms with Gasteiger partial charge in [0.1, 0.15) is 17.8 Å². The van der Waals surface area contributed by atoms with Gasteiger partial charge in [-0.25, -0.2) is 57.2 Å². The van der Waals surface area contributed by atoms with E-state index >= 15 is 0 Å². The molecule has 0 radical (unpaired) electrons. The summed E-state index contributed by atoms with van der Waals surface area (Å²) in [7, 11) is 0. The van der Waals surface area contributed by atoms with Gasteiger partial charge in [-0.3, -0.25) is 43.5 Å². The molecule has 3 unspecified atom stereocenters. The smallest absolute Gasteiger partial charge is 0.273 e. The van der Waals surface area contributed by atoms with Crippen molar-refractivity contribution in [3.63, 3.8) is 0 Å². The number of anilines is 3. The highest BCUT2D eigenvalue weighted by Gasteiger charge is 2.49. The first-order valence-electron chi connectivity index (χ1n) is 32.0. The SMILES string of the molecule is O=C1C(Cc2ccccc2)C(=O)N(c2ccccc2)C(=O)N1CCCCCCn1c(=O)n(CCCCCCN2C(=O)C(Cc3ccccc3)C(=O)N(c3ccccc3)C2=O)c(=O)n(CCCCCCN2C(=O)C(Cc3ccccc3)C(=O)N(c3ccccc3)C2=O)c1=O. The van der Waals surface area contributed by atoms with Crippen LogP contribution in [0.2, 0.25) is 0 Å². The topological polar surface area (TPSA) is 239 Å². The molecule has 7 aromatic rings. The maximum absolute atomic E-state index is 14.3. The van der Waals surface area contributed by atoms with Crippen LogP contribution in [0.3, 0.4) is 0 Å². The molecule has 3 saturated heterocycles. The van der Waals surface area contributed by atoms with Crippen LogP contribution in [0.25, 0.3) is 0 Å². The highest BCUT2D eigenvalue weighted by molar-refractivity contribution is 6.29. The number of urea groups is 3. The predicted octanol–water partition coefficient (Wildman–Crippen LogP) is 9.42. The van der Waals surface area contributed by atoms with Gasteiger partial charge >= 0.3 is 35.2 Å². The molecule has 3 aliphatic heterocycles. The van der Waals surface area contributed by atoms with Gasteiger partial charge in [-0.2, -0.15) is 0 Å². The zero-order chi connectivity index (χ0) is 65.4. The second-order valence-electron chi connectivity index (χ2n) is 23.6. The fraction of sp³-hybridized carbons (Fsp3) is 0.333. The molecule has 1 aromatic heterocycles. The Morgan fingerprint density at radius 1 is 0.226 bits per heavy atom. The van der Waals surface area contributed by atoms with Gasteiger partial charge in [0.2, 0.25) is 35.4 Å². The van der Waals surface area contributed by atoms with Gasteiger partial charge in [0.25, 0.3) is 0 Å². The Morgan fingerprint density at radius 2 is 0.430 bits per heavy atom. The van der Waals surface area contributed by atoms with Crippen molar-refractivity contribution >= 4 is 70.6 Å². The van der Waals surface area contributed by atoms with Crippen molar-refractivity contribution in [1.29, 1.82) is 0 Å². The molecule has 0 saturated carbocycles. The number of imide groups is 6. The number of carbonyl (C=O) groups is 9. The van der Waals surface area contributed by atoms with Crippen LogP contribution in [0.15, 0.2) is 196 Å². The molecule has 10 rings (SSSR count). The first-order chi connectivity index (χ1) is 45.2. The minimum absolute atomic E-state index is 0.0215. The van der Waals surface area contributed by atoms with Gasteiger partial charge in [-0.1, -0.05) is 184 Å². The summed E-state index contributed by atoms with van der Waals surface area (Å²) in [6.45, 7) is -0.0835. The highest BCUT2D eigenvalue weighted by Crippen LogP contribution is 2.31.